The van der Waals surface area contributed by atoms with Gasteiger partial charge in [0, 0.05) is 29.8 Å². The first kappa shape index (κ1) is 23.4. The number of nitrogens with one attached hydrogen (secondary N) is 1. The molecule has 1 atom stereocenters. The topological polar surface area (TPSA) is 97.6 Å². The Bertz CT molecular complexity index is 1180. The lowest BCUT2D eigenvalue weighted by molar-refractivity contribution is -0.159. The van der Waals surface area contributed by atoms with Gasteiger partial charge in [0.2, 0.25) is 5.82 Å². The third-order valence-electron chi connectivity index (χ3n) is 5.13. The molecule has 1 unspecified atom stereocenters. The summed E-state index contributed by atoms with van der Waals surface area (Å²) < 4.78 is 61.0. The Labute approximate surface area is 190 Å². The molecule has 0 saturated carbocycles. The van der Waals surface area contributed by atoms with E-state index in [-0.39, 0.29) is 48.1 Å². The molecule has 34 heavy (non-hydrogen) atoms. The number of benzene rings is 2. The molecule has 1 aliphatic heterocycles. The number of hydrogen-bond acceptors (Lipinski definition) is 6. The first-order valence-corrected chi connectivity index (χ1v) is 10.2. The smallest absolute Gasteiger partial charge is 0.377 e. The molecule has 4 rings (SSSR count). The first-order chi connectivity index (χ1) is 16.2. The van der Waals surface area contributed by atoms with E-state index < -0.39 is 29.8 Å². The summed E-state index contributed by atoms with van der Waals surface area (Å²) in [5.41, 5.74) is 0.676. The predicted octanol–water partition coefficient (Wildman–Crippen LogP) is 3.17. The highest BCUT2D eigenvalue weighted by Crippen LogP contribution is 2.29. The van der Waals surface area contributed by atoms with Crippen LogP contribution in [-0.4, -0.2) is 59.2 Å². The fourth-order valence-electron chi connectivity index (χ4n) is 3.42. The van der Waals surface area contributed by atoms with Gasteiger partial charge >= 0.3 is 12.1 Å². The molecule has 1 N–H and O–H groups in total. The van der Waals surface area contributed by atoms with Crippen LogP contribution in [-0.2, 0) is 10.9 Å². The van der Waals surface area contributed by atoms with Crippen LogP contribution in [0.15, 0.2) is 53.1 Å². The number of rotatable bonds is 5. The van der Waals surface area contributed by atoms with E-state index in [1.807, 2.05) is 0 Å². The summed E-state index contributed by atoms with van der Waals surface area (Å²) in [4.78, 5) is 30.2. The zero-order valence-corrected chi connectivity index (χ0v) is 17.5. The first-order valence-electron chi connectivity index (χ1n) is 10.2. The second kappa shape index (κ2) is 9.59. The number of aromatic nitrogens is 2. The number of carbonyl (C=O) groups is 2. The van der Waals surface area contributed by atoms with Crippen LogP contribution >= 0.6 is 0 Å². The van der Waals surface area contributed by atoms with Crippen LogP contribution < -0.4 is 5.32 Å². The van der Waals surface area contributed by atoms with Crippen molar-refractivity contribution in [3.05, 3.63) is 71.4 Å². The van der Waals surface area contributed by atoms with Gasteiger partial charge in [0.15, 0.2) is 0 Å². The maximum atomic E-state index is 13.5. The van der Waals surface area contributed by atoms with Gasteiger partial charge in [0.05, 0.1) is 19.3 Å². The number of nitrogens with zero attached hydrogens (tertiary/aromatic N) is 3. The highest BCUT2D eigenvalue weighted by Gasteiger charge is 2.38. The molecule has 3 aromatic rings. The molecule has 12 heteroatoms. The Kier molecular flexibility index (Phi) is 6.59. The average Bonchev–Trinajstić information content (AvgIpc) is 3.33. The minimum Gasteiger partial charge on any atom is -0.377 e. The number of amides is 2. The van der Waals surface area contributed by atoms with Crippen LogP contribution in [0.1, 0.15) is 26.6 Å². The maximum absolute atomic E-state index is 13.5. The van der Waals surface area contributed by atoms with Crippen LogP contribution in [0.2, 0.25) is 0 Å². The zero-order valence-electron chi connectivity index (χ0n) is 17.5. The Hall–Kier alpha value is -3.80. The second-order valence-corrected chi connectivity index (χ2v) is 7.45. The molecule has 1 aromatic heterocycles. The summed E-state index contributed by atoms with van der Waals surface area (Å²) in [6, 6.07) is 10.5. The van der Waals surface area contributed by atoms with Crippen molar-refractivity contribution in [2.24, 2.45) is 0 Å². The van der Waals surface area contributed by atoms with Gasteiger partial charge in [-0.1, -0.05) is 23.4 Å². The molecule has 8 nitrogen and oxygen atoms in total. The number of halogens is 4. The van der Waals surface area contributed by atoms with Crippen molar-refractivity contribution >= 4 is 11.8 Å². The molecule has 1 aliphatic rings. The molecule has 2 heterocycles. The number of ether oxygens (including phenoxy) is 1. The normalized spacial score (nSPS) is 16.4. The summed E-state index contributed by atoms with van der Waals surface area (Å²) in [6.45, 7) is 0.884. The lowest BCUT2D eigenvalue weighted by Crippen LogP contribution is -2.53. The molecular formula is C22H18F4N4O4. The van der Waals surface area contributed by atoms with Gasteiger partial charge in [0.1, 0.15) is 5.82 Å². The van der Waals surface area contributed by atoms with E-state index >= 15 is 0 Å². The van der Waals surface area contributed by atoms with Crippen molar-refractivity contribution in [1.29, 1.82) is 0 Å². The SMILES string of the molecule is O=C(NCC1COCCN1C(=O)c1cccc(F)c1)c1ccc(-c2noc(C(F)(F)F)n2)cc1. The van der Waals surface area contributed by atoms with Crippen molar-refractivity contribution in [2.75, 3.05) is 26.3 Å². The quantitative estimate of drug-likeness (QED) is 0.566. The lowest BCUT2D eigenvalue weighted by atomic mass is 10.1. The standard InChI is InChI=1S/C22H18F4N4O4/c23-16-3-1-2-15(10-16)20(32)30-8-9-33-12-17(30)11-27-19(31)14-6-4-13(5-7-14)18-28-21(34-29-18)22(24,25)26/h1-7,10,17H,8-9,11-12H2,(H,27,31). The minimum atomic E-state index is -4.75. The van der Waals surface area contributed by atoms with E-state index in [1.165, 1.54) is 47.4 Å². The monoisotopic (exact) mass is 478 g/mol. The van der Waals surface area contributed by atoms with Gasteiger partial charge in [-0.05, 0) is 30.3 Å². The molecule has 2 aromatic carbocycles. The summed E-state index contributed by atoms with van der Waals surface area (Å²) in [6.07, 6.45) is -4.75. The predicted molar refractivity (Wildman–Crippen MR) is 109 cm³/mol. The second-order valence-electron chi connectivity index (χ2n) is 7.45. The van der Waals surface area contributed by atoms with Crippen molar-refractivity contribution < 1.29 is 36.4 Å². The van der Waals surface area contributed by atoms with Crippen molar-refractivity contribution in [3.63, 3.8) is 0 Å². The minimum absolute atomic E-state index is 0.0847. The van der Waals surface area contributed by atoms with Crippen LogP contribution in [0.5, 0.6) is 0 Å². The number of carbonyl (C=O) groups excluding carboxylic acids is 2. The summed E-state index contributed by atoms with van der Waals surface area (Å²) in [5, 5.41) is 6.01. The molecule has 0 radical (unpaired) electrons. The number of alkyl halides is 3. The highest BCUT2D eigenvalue weighted by atomic mass is 19.4. The molecule has 0 aliphatic carbocycles. The molecule has 2 amide bonds. The van der Waals surface area contributed by atoms with E-state index in [1.54, 1.807) is 0 Å². The fraction of sp³-hybridized carbons (Fsp3) is 0.273. The van der Waals surface area contributed by atoms with E-state index in [4.69, 9.17) is 4.74 Å². The van der Waals surface area contributed by atoms with Gasteiger partial charge in [-0.15, -0.1) is 0 Å². The Morgan fingerprint density at radius 2 is 1.88 bits per heavy atom. The molecule has 1 fully saturated rings. The van der Waals surface area contributed by atoms with Gasteiger partial charge in [-0.3, -0.25) is 9.59 Å². The van der Waals surface area contributed by atoms with Gasteiger partial charge in [-0.25, -0.2) is 4.39 Å². The highest BCUT2D eigenvalue weighted by molar-refractivity contribution is 5.95. The molecule has 1 saturated heterocycles. The van der Waals surface area contributed by atoms with Crippen LogP contribution in [0.25, 0.3) is 11.4 Å². The third-order valence-corrected chi connectivity index (χ3v) is 5.13. The largest absolute Gasteiger partial charge is 0.471 e. The number of hydrogen-bond donors (Lipinski definition) is 1. The fourth-order valence-corrected chi connectivity index (χ4v) is 3.42. The van der Waals surface area contributed by atoms with Crippen molar-refractivity contribution in [3.8, 4) is 11.4 Å². The van der Waals surface area contributed by atoms with Gasteiger partial charge in [0.25, 0.3) is 11.8 Å². The van der Waals surface area contributed by atoms with Crippen molar-refractivity contribution in [2.45, 2.75) is 12.2 Å². The van der Waals surface area contributed by atoms with Crippen LogP contribution in [0.4, 0.5) is 17.6 Å². The average molecular weight is 478 g/mol. The summed E-state index contributed by atoms with van der Waals surface area (Å²) in [7, 11) is 0. The maximum Gasteiger partial charge on any atom is 0.471 e. The van der Waals surface area contributed by atoms with Crippen LogP contribution in [0, 0.1) is 5.82 Å². The van der Waals surface area contributed by atoms with E-state index in [0.717, 1.165) is 6.07 Å². The number of morpholine rings is 1. The Balaban J connectivity index is 1.39. The Morgan fingerprint density at radius 1 is 1.12 bits per heavy atom. The molecule has 0 spiro atoms. The van der Waals surface area contributed by atoms with Gasteiger partial charge in [-0.2, -0.15) is 18.2 Å². The van der Waals surface area contributed by atoms with Gasteiger partial charge < -0.3 is 19.5 Å². The molecule has 0 bridgehead atoms. The molecular weight excluding hydrogens is 460 g/mol. The van der Waals surface area contributed by atoms with E-state index in [0.29, 0.717) is 6.61 Å². The summed E-state index contributed by atoms with van der Waals surface area (Å²) >= 11 is 0. The Morgan fingerprint density at radius 3 is 2.56 bits per heavy atom. The zero-order chi connectivity index (χ0) is 24.3. The van der Waals surface area contributed by atoms with E-state index in [9.17, 15) is 27.2 Å². The molecule has 178 valence electrons. The van der Waals surface area contributed by atoms with Crippen molar-refractivity contribution in [1.82, 2.24) is 20.4 Å². The van der Waals surface area contributed by atoms with E-state index in [2.05, 4.69) is 20.0 Å². The summed E-state index contributed by atoms with van der Waals surface area (Å²) in [5.74, 6) is -3.08. The lowest BCUT2D eigenvalue weighted by Gasteiger charge is -2.35. The van der Waals surface area contributed by atoms with Crippen LogP contribution in [0.3, 0.4) is 0 Å². The third kappa shape index (κ3) is 5.22.